The summed E-state index contributed by atoms with van der Waals surface area (Å²) in [7, 11) is -3.64. The van der Waals surface area contributed by atoms with Gasteiger partial charge in [0.15, 0.2) is 0 Å². The van der Waals surface area contributed by atoms with Gasteiger partial charge >= 0.3 is 0 Å². The minimum absolute atomic E-state index is 0. The predicted molar refractivity (Wildman–Crippen MR) is 155 cm³/mol. The van der Waals surface area contributed by atoms with Gasteiger partial charge in [0.1, 0.15) is 0 Å². The van der Waals surface area contributed by atoms with Crippen molar-refractivity contribution < 1.29 is 18.3 Å². The highest BCUT2D eigenvalue weighted by Gasteiger charge is 2.17. The molecule has 1 aromatic heterocycles. The second-order valence-corrected chi connectivity index (χ2v) is 11.9. The number of carbonyl (C=O) groups is 1. The van der Waals surface area contributed by atoms with Crippen LogP contribution in [0.15, 0.2) is 71.9 Å². The number of rotatable bonds is 11. The van der Waals surface area contributed by atoms with Crippen molar-refractivity contribution in [2.24, 2.45) is 0 Å². The molecule has 0 fully saturated rings. The number of carbonyl (C=O) groups excluding carboxylic acids is 1. The van der Waals surface area contributed by atoms with Crippen molar-refractivity contribution in [2.45, 2.75) is 36.5 Å². The summed E-state index contributed by atoms with van der Waals surface area (Å²) in [6.07, 6.45) is 4.54. The first-order chi connectivity index (χ1) is 16.6. The fourth-order valence-corrected chi connectivity index (χ4v) is 4.93. The van der Waals surface area contributed by atoms with Crippen LogP contribution < -0.4 is 10.0 Å². The highest BCUT2D eigenvalue weighted by atomic mass is 35.5. The van der Waals surface area contributed by atoms with E-state index in [1.54, 1.807) is 18.5 Å². The van der Waals surface area contributed by atoms with Crippen molar-refractivity contribution in [3.8, 4) is 11.1 Å². The summed E-state index contributed by atoms with van der Waals surface area (Å²) in [5.74, 6) is -0.626. The number of halogens is 2. The van der Waals surface area contributed by atoms with Gasteiger partial charge in [-0.25, -0.2) is 13.1 Å². The largest absolute Gasteiger partial charge is 0.387 e. The van der Waals surface area contributed by atoms with Gasteiger partial charge in [0.25, 0.3) is 5.91 Å². The molecule has 0 bridgehead atoms. The smallest absolute Gasteiger partial charge is 0.265 e. The van der Waals surface area contributed by atoms with Gasteiger partial charge < -0.3 is 10.4 Å². The molecule has 0 saturated heterocycles. The van der Waals surface area contributed by atoms with E-state index < -0.39 is 22.0 Å². The third-order valence-corrected chi connectivity index (χ3v) is 6.77. The second-order valence-electron chi connectivity index (χ2n) is 8.53. The number of aliphatic hydroxyl groups excluding tert-OH is 1. The van der Waals surface area contributed by atoms with Gasteiger partial charge in [0, 0.05) is 34.6 Å². The van der Waals surface area contributed by atoms with Gasteiger partial charge in [-0.15, -0.1) is 36.6 Å². The molecule has 7 nitrogen and oxygen atoms in total. The molecule has 1 atom stereocenters. The maximum atomic E-state index is 12.5. The van der Waals surface area contributed by atoms with Crippen LogP contribution in [0, 0.1) is 0 Å². The Hall–Kier alpha value is -2.14. The van der Waals surface area contributed by atoms with Crippen LogP contribution in [0.2, 0.25) is 0 Å². The Morgan fingerprint density at radius 1 is 1.05 bits per heavy atom. The first kappa shape index (κ1) is 32.9. The molecule has 0 spiro atoms. The van der Waals surface area contributed by atoms with E-state index in [-0.39, 0.29) is 30.1 Å². The zero-order chi connectivity index (χ0) is 25.4. The van der Waals surface area contributed by atoms with Crippen LogP contribution in [0.1, 0.15) is 41.4 Å². The number of aromatic nitrogens is 1. The number of pyridine rings is 1. The van der Waals surface area contributed by atoms with Crippen LogP contribution in [0.5, 0.6) is 0 Å². The van der Waals surface area contributed by atoms with Gasteiger partial charge in [-0.05, 0) is 47.9 Å². The quantitative estimate of drug-likeness (QED) is 0.222. The summed E-state index contributed by atoms with van der Waals surface area (Å²) >= 11 is 1.52. The molecular formula is C26H33Cl2N3O4S2. The van der Waals surface area contributed by atoms with Crippen molar-refractivity contribution in [2.75, 3.05) is 19.3 Å². The van der Waals surface area contributed by atoms with E-state index in [2.05, 4.69) is 27.2 Å². The summed E-state index contributed by atoms with van der Waals surface area (Å²) in [6, 6.07) is 17.3. The summed E-state index contributed by atoms with van der Waals surface area (Å²) in [4.78, 5) is 17.2. The lowest BCUT2D eigenvalue weighted by molar-refractivity contribution is 0.0979. The van der Waals surface area contributed by atoms with Crippen LogP contribution in [0.4, 0.5) is 0 Å². The average Bonchev–Trinajstić information content (AvgIpc) is 2.81. The van der Waals surface area contributed by atoms with Gasteiger partial charge in [0.2, 0.25) is 10.0 Å². The van der Waals surface area contributed by atoms with Crippen LogP contribution in [0.25, 0.3) is 11.1 Å². The summed E-state index contributed by atoms with van der Waals surface area (Å²) < 4.78 is 25.1. The number of amides is 1. The lowest BCUT2D eigenvalue weighted by atomic mass is 10.0. The third-order valence-electron chi connectivity index (χ3n) is 5.15. The lowest BCUT2D eigenvalue weighted by Gasteiger charge is -2.14. The fourth-order valence-electron chi connectivity index (χ4n) is 3.49. The van der Waals surface area contributed by atoms with E-state index in [0.29, 0.717) is 12.1 Å². The molecule has 0 saturated carbocycles. The fraction of sp³-hybridized carbons (Fsp3) is 0.308. The van der Waals surface area contributed by atoms with Gasteiger partial charge in [-0.1, -0.05) is 50.2 Å². The normalized spacial score (nSPS) is 11.8. The Bertz CT molecular complexity index is 1240. The molecule has 202 valence electrons. The van der Waals surface area contributed by atoms with E-state index in [1.807, 2.05) is 50.2 Å². The first-order valence-electron chi connectivity index (χ1n) is 11.3. The molecule has 0 aliphatic heterocycles. The van der Waals surface area contributed by atoms with Crippen LogP contribution in [0.3, 0.4) is 0 Å². The molecule has 3 aromatic rings. The molecule has 0 unspecified atom stereocenters. The highest BCUT2D eigenvalue weighted by molar-refractivity contribution is 8.00. The van der Waals surface area contributed by atoms with Crippen LogP contribution in [-0.2, 0) is 16.4 Å². The Labute approximate surface area is 235 Å². The maximum absolute atomic E-state index is 12.5. The third kappa shape index (κ3) is 10.6. The number of aliphatic hydroxyl groups is 1. The molecule has 1 heterocycles. The lowest BCUT2D eigenvalue weighted by Crippen LogP contribution is -2.29. The Morgan fingerprint density at radius 2 is 1.73 bits per heavy atom. The monoisotopic (exact) mass is 585 g/mol. The molecule has 0 aliphatic rings. The number of benzene rings is 2. The first-order valence-corrected chi connectivity index (χ1v) is 14.1. The summed E-state index contributed by atoms with van der Waals surface area (Å²) in [6.45, 7) is 5.23. The topological polar surface area (TPSA) is 108 Å². The van der Waals surface area contributed by atoms with Crippen molar-refractivity contribution in [1.82, 2.24) is 15.0 Å². The van der Waals surface area contributed by atoms with Gasteiger partial charge in [-0.3, -0.25) is 9.78 Å². The van der Waals surface area contributed by atoms with Crippen molar-refractivity contribution in [1.29, 1.82) is 0 Å². The zero-order valence-corrected chi connectivity index (χ0v) is 24.1. The summed E-state index contributed by atoms with van der Waals surface area (Å²) in [5, 5.41) is 13.7. The number of sulfonamides is 1. The molecule has 3 N–H and O–H groups in total. The molecule has 1 amide bonds. The minimum atomic E-state index is -3.64. The van der Waals surface area contributed by atoms with Gasteiger partial charge in [0.05, 0.1) is 17.9 Å². The molecule has 11 heteroatoms. The van der Waals surface area contributed by atoms with E-state index >= 15 is 0 Å². The number of hydrogen-bond donors (Lipinski definition) is 3. The number of thioether (sulfide) groups is 1. The van der Waals surface area contributed by atoms with Crippen LogP contribution >= 0.6 is 36.6 Å². The molecule has 3 rings (SSSR count). The zero-order valence-electron chi connectivity index (χ0n) is 20.9. The van der Waals surface area contributed by atoms with E-state index in [9.17, 15) is 18.3 Å². The van der Waals surface area contributed by atoms with Crippen LogP contribution in [-0.4, -0.2) is 49.0 Å². The molecule has 0 radical (unpaired) electrons. The SMILES string of the molecule is CC(C)Sc1cc(-c2ccc(CCNC[C@@H](O)c3cccnc3)cc2)ccc1C(=O)NS(C)(=O)=O.Cl.Cl. The van der Waals surface area contributed by atoms with Gasteiger partial charge in [-0.2, -0.15) is 0 Å². The van der Waals surface area contributed by atoms with Crippen molar-refractivity contribution >= 4 is 52.5 Å². The molecular weight excluding hydrogens is 553 g/mol. The van der Waals surface area contributed by atoms with Crippen molar-refractivity contribution in [3.63, 3.8) is 0 Å². The minimum Gasteiger partial charge on any atom is -0.387 e. The Morgan fingerprint density at radius 3 is 2.32 bits per heavy atom. The number of hydrogen-bond acceptors (Lipinski definition) is 7. The maximum Gasteiger partial charge on any atom is 0.265 e. The predicted octanol–water partition coefficient (Wildman–Crippen LogP) is 4.65. The second kappa shape index (κ2) is 15.3. The van der Waals surface area contributed by atoms with Crippen molar-refractivity contribution in [3.05, 3.63) is 83.7 Å². The molecule has 37 heavy (non-hydrogen) atoms. The molecule has 0 aliphatic carbocycles. The standard InChI is InChI=1S/C26H31N3O4S2.2ClH/c1-18(2)34-25-15-21(10-11-23(25)26(31)29-35(3,32)33)20-8-6-19(7-9-20)12-14-28-17-24(30)22-5-4-13-27-16-22;;/h4-11,13,15-16,18,24,28,30H,12,14,17H2,1-3H3,(H,29,31);2*1H/t24-;;/m1../s1. The van der Waals surface area contributed by atoms with E-state index in [0.717, 1.165) is 46.4 Å². The Kier molecular flexibility index (Phi) is 13.6. The highest BCUT2D eigenvalue weighted by Crippen LogP contribution is 2.32. The molecule has 2 aromatic carbocycles. The number of nitrogens with zero attached hydrogens (tertiary/aromatic N) is 1. The summed E-state index contributed by atoms with van der Waals surface area (Å²) in [5.41, 5.74) is 4.26. The number of nitrogens with one attached hydrogen (secondary N) is 2. The Balaban J connectivity index is 0.00000342. The van der Waals surface area contributed by atoms with E-state index in [4.69, 9.17) is 0 Å². The average molecular weight is 587 g/mol. The van der Waals surface area contributed by atoms with E-state index in [1.165, 1.54) is 11.8 Å².